The Bertz CT molecular complexity index is 677. The summed E-state index contributed by atoms with van der Waals surface area (Å²) in [7, 11) is -3.66. The van der Waals surface area contributed by atoms with Crippen LogP contribution in [0.1, 0.15) is 25.3 Å². The molecule has 6 nitrogen and oxygen atoms in total. The SMILES string of the molecule is CCOC(=O)C1(C(=O)OCC)C(c2ccccc2)C1S(C)(=O)=O. The molecule has 7 heteroatoms. The molecular formula is C16H20O6S. The summed E-state index contributed by atoms with van der Waals surface area (Å²) in [6.07, 6.45) is 1.02. The minimum Gasteiger partial charge on any atom is -0.465 e. The van der Waals surface area contributed by atoms with Crippen LogP contribution in [0.3, 0.4) is 0 Å². The van der Waals surface area contributed by atoms with E-state index in [1.54, 1.807) is 44.2 Å². The van der Waals surface area contributed by atoms with Crippen molar-refractivity contribution >= 4 is 21.8 Å². The minimum absolute atomic E-state index is 0.0536. The Morgan fingerprint density at radius 1 is 1.04 bits per heavy atom. The molecule has 0 radical (unpaired) electrons. The van der Waals surface area contributed by atoms with Crippen molar-refractivity contribution in [1.82, 2.24) is 0 Å². The second-order valence-corrected chi connectivity index (χ2v) is 7.62. The highest BCUT2D eigenvalue weighted by atomic mass is 32.2. The van der Waals surface area contributed by atoms with Crippen LogP contribution in [-0.4, -0.2) is 45.1 Å². The van der Waals surface area contributed by atoms with Gasteiger partial charge in [-0.25, -0.2) is 8.42 Å². The van der Waals surface area contributed by atoms with E-state index in [2.05, 4.69) is 0 Å². The standard InChI is InChI=1S/C16H20O6S/c1-4-21-14(17)16(15(18)22-5-2)12(13(16)23(3,19)20)11-9-7-6-8-10-11/h6-10,12-13H,4-5H2,1-3H3. The molecule has 0 heterocycles. The Morgan fingerprint density at radius 2 is 1.52 bits per heavy atom. The van der Waals surface area contributed by atoms with Gasteiger partial charge in [-0.15, -0.1) is 0 Å². The molecule has 0 aromatic heterocycles. The number of carbonyl (C=O) groups is 2. The molecule has 1 aliphatic rings. The maximum absolute atomic E-state index is 12.5. The summed E-state index contributed by atoms with van der Waals surface area (Å²) < 4.78 is 34.4. The molecule has 1 saturated carbocycles. The molecule has 1 fully saturated rings. The van der Waals surface area contributed by atoms with Gasteiger partial charge in [-0.2, -0.15) is 0 Å². The van der Waals surface area contributed by atoms with Crippen LogP contribution >= 0.6 is 0 Å². The molecule has 0 saturated heterocycles. The van der Waals surface area contributed by atoms with Gasteiger partial charge in [-0.1, -0.05) is 30.3 Å². The van der Waals surface area contributed by atoms with Crippen molar-refractivity contribution in [1.29, 1.82) is 0 Å². The fourth-order valence-electron chi connectivity index (χ4n) is 3.11. The van der Waals surface area contributed by atoms with Crippen molar-refractivity contribution in [3.8, 4) is 0 Å². The zero-order valence-corrected chi connectivity index (χ0v) is 14.1. The van der Waals surface area contributed by atoms with Crippen molar-refractivity contribution in [2.45, 2.75) is 25.0 Å². The van der Waals surface area contributed by atoms with E-state index in [-0.39, 0.29) is 13.2 Å². The maximum atomic E-state index is 12.5. The van der Waals surface area contributed by atoms with Crippen LogP contribution in [0.4, 0.5) is 0 Å². The van der Waals surface area contributed by atoms with Crippen LogP contribution in [-0.2, 0) is 28.9 Å². The normalized spacial score (nSPS) is 22.2. The Morgan fingerprint density at radius 3 is 1.91 bits per heavy atom. The Hall–Kier alpha value is -1.89. The van der Waals surface area contributed by atoms with E-state index >= 15 is 0 Å². The number of hydrogen-bond acceptors (Lipinski definition) is 6. The Kier molecular flexibility index (Phi) is 4.79. The molecule has 1 aliphatic carbocycles. The first kappa shape index (κ1) is 17.5. The highest BCUT2D eigenvalue weighted by Crippen LogP contribution is 2.64. The van der Waals surface area contributed by atoms with E-state index in [0.29, 0.717) is 5.56 Å². The van der Waals surface area contributed by atoms with Gasteiger partial charge in [0.05, 0.1) is 18.5 Å². The fraction of sp³-hybridized carbons (Fsp3) is 0.500. The second kappa shape index (κ2) is 6.31. The molecule has 2 unspecified atom stereocenters. The fourth-order valence-corrected chi connectivity index (χ4v) is 4.91. The lowest BCUT2D eigenvalue weighted by Crippen LogP contribution is -2.35. The van der Waals surface area contributed by atoms with Crippen LogP contribution in [0, 0.1) is 5.41 Å². The van der Waals surface area contributed by atoms with Crippen molar-refractivity contribution < 1.29 is 27.5 Å². The van der Waals surface area contributed by atoms with E-state index < -0.39 is 38.4 Å². The number of hydrogen-bond donors (Lipinski definition) is 0. The molecule has 1 aromatic carbocycles. The summed E-state index contributed by atoms with van der Waals surface area (Å²) >= 11 is 0. The van der Waals surface area contributed by atoms with Gasteiger partial charge in [-0.3, -0.25) is 9.59 Å². The number of rotatable bonds is 6. The molecule has 0 bridgehead atoms. The zero-order valence-electron chi connectivity index (χ0n) is 13.3. The third-order valence-electron chi connectivity index (χ3n) is 3.98. The lowest BCUT2D eigenvalue weighted by atomic mass is 9.99. The van der Waals surface area contributed by atoms with Gasteiger partial charge in [0.1, 0.15) is 0 Å². The van der Waals surface area contributed by atoms with Gasteiger partial charge in [-0.05, 0) is 19.4 Å². The van der Waals surface area contributed by atoms with Crippen molar-refractivity contribution in [3.63, 3.8) is 0 Å². The van der Waals surface area contributed by atoms with E-state index in [4.69, 9.17) is 9.47 Å². The Labute approximate surface area is 135 Å². The molecule has 1 aromatic rings. The highest BCUT2D eigenvalue weighted by molar-refractivity contribution is 7.91. The number of ether oxygens (including phenoxy) is 2. The van der Waals surface area contributed by atoms with Crippen LogP contribution in [0.5, 0.6) is 0 Å². The molecule has 2 atom stereocenters. The van der Waals surface area contributed by atoms with E-state index in [1.807, 2.05) is 0 Å². The summed E-state index contributed by atoms with van der Waals surface area (Å²) in [5, 5.41) is -1.17. The summed E-state index contributed by atoms with van der Waals surface area (Å²) in [6, 6.07) is 8.63. The molecule has 23 heavy (non-hydrogen) atoms. The third-order valence-corrected chi connectivity index (χ3v) is 5.55. The van der Waals surface area contributed by atoms with Crippen molar-refractivity contribution in [2.24, 2.45) is 5.41 Å². The average molecular weight is 340 g/mol. The quantitative estimate of drug-likeness (QED) is 0.573. The smallest absolute Gasteiger partial charge is 0.325 e. The molecule has 0 N–H and O–H groups in total. The highest BCUT2D eigenvalue weighted by Gasteiger charge is 2.80. The predicted octanol–water partition coefficient (Wildman–Crippen LogP) is 1.31. The van der Waals surface area contributed by atoms with Gasteiger partial charge >= 0.3 is 11.9 Å². The summed E-state index contributed by atoms with van der Waals surface area (Å²) in [6.45, 7) is 3.31. The predicted molar refractivity (Wildman–Crippen MR) is 83.5 cm³/mol. The van der Waals surface area contributed by atoms with Gasteiger partial charge in [0.25, 0.3) is 0 Å². The van der Waals surface area contributed by atoms with Gasteiger partial charge < -0.3 is 9.47 Å². The zero-order chi connectivity index (χ0) is 17.3. The van der Waals surface area contributed by atoms with E-state index in [9.17, 15) is 18.0 Å². The summed E-state index contributed by atoms with van der Waals surface area (Å²) in [4.78, 5) is 25.0. The summed E-state index contributed by atoms with van der Waals surface area (Å²) in [5.74, 6) is -2.48. The first-order valence-corrected chi connectivity index (χ1v) is 9.35. The third kappa shape index (κ3) is 2.85. The molecule has 0 spiro atoms. The largest absolute Gasteiger partial charge is 0.465 e. The maximum Gasteiger partial charge on any atom is 0.325 e. The molecule has 2 rings (SSSR count). The molecule has 0 amide bonds. The number of benzene rings is 1. The lowest BCUT2D eigenvalue weighted by Gasteiger charge is -2.15. The van der Waals surface area contributed by atoms with Crippen LogP contribution in [0.2, 0.25) is 0 Å². The monoisotopic (exact) mass is 340 g/mol. The van der Waals surface area contributed by atoms with E-state index in [0.717, 1.165) is 6.26 Å². The number of esters is 2. The summed E-state index contributed by atoms with van der Waals surface area (Å²) in [5.41, 5.74) is -1.22. The second-order valence-electron chi connectivity index (χ2n) is 5.45. The average Bonchev–Trinajstić information content (AvgIpc) is 3.20. The first-order chi connectivity index (χ1) is 10.8. The number of sulfone groups is 1. The van der Waals surface area contributed by atoms with Crippen LogP contribution in [0.15, 0.2) is 30.3 Å². The van der Waals surface area contributed by atoms with Crippen molar-refractivity contribution in [2.75, 3.05) is 19.5 Å². The van der Waals surface area contributed by atoms with Gasteiger partial charge in [0.15, 0.2) is 15.3 Å². The van der Waals surface area contributed by atoms with Crippen LogP contribution in [0.25, 0.3) is 0 Å². The Balaban J connectivity index is 2.58. The number of carbonyl (C=O) groups excluding carboxylic acids is 2. The minimum atomic E-state index is -3.66. The molecule has 126 valence electrons. The molecular weight excluding hydrogens is 320 g/mol. The van der Waals surface area contributed by atoms with Crippen LogP contribution < -0.4 is 0 Å². The first-order valence-electron chi connectivity index (χ1n) is 7.40. The van der Waals surface area contributed by atoms with Crippen molar-refractivity contribution in [3.05, 3.63) is 35.9 Å². The van der Waals surface area contributed by atoms with Gasteiger partial charge in [0, 0.05) is 12.2 Å². The van der Waals surface area contributed by atoms with E-state index in [1.165, 1.54) is 0 Å². The lowest BCUT2D eigenvalue weighted by molar-refractivity contribution is -0.164. The molecule has 0 aliphatic heterocycles. The topological polar surface area (TPSA) is 86.7 Å². The van der Waals surface area contributed by atoms with Gasteiger partial charge in [0.2, 0.25) is 0 Å².